The third-order valence-electron chi connectivity index (χ3n) is 4.59. The molecule has 1 aromatic carbocycles. The molecule has 0 aliphatic carbocycles. The van der Waals surface area contributed by atoms with Gasteiger partial charge in [-0.05, 0) is 38.0 Å². The average molecular weight is 369 g/mol. The van der Waals surface area contributed by atoms with E-state index in [1.807, 2.05) is 6.92 Å². The fourth-order valence-corrected chi connectivity index (χ4v) is 3.32. The highest BCUT2D eigenvalue weighted by molar-refractivity contribution is 6.31. The fraction of sp³-hybridized carbons (Fsp3) is 0.556. The Hall–Kier alpha value is -1.79. The Morgan fingerprint density at radius 2 is 2.04 bits per heavy atom. The summed E-state index contributed by atoms with van der Waals surface area (Å²) in [4.78, 5) is 28.6. The molecule has 25 heavy (non-hydrogen) atoms. The molecule has 0 spiro atoms. The maximum atomic E-state index is 12.8. The number of hydrogen-bond donors (Lipinski definition) is 1. The predicted molar refractivity (Wildman–Crippen MR) is 96.0 cm³/mol. The van der Waals surface area contributed by atoms with Gasteiger partial charge in [0.15, 0.2) is 0 Å². The third kappa shape index (κ3) is 4.64. The Balaban J connectivity index is 2.01. The van der Waals surface area contributed by atoms with Crippen molar-refractivity contribution < 1.29 is 19.4 Å². The molecule has 0 aromatic heterocycles. The van der Waals surface area contributed by atoms with Crippen molar-refractivity contribution in [3.05, 3.63) is 28.8 Å². The van der Waals surface area contributed by atoms with Crippen LogP contribution in [0.3, 0.4) is 0 Å². The Morgan fingerprint density at radius 3 is 2.60 bits per heavy atom. The third-order valence-corrected chi connectivity index (χ3v) is 4.82. The quantitative estimate of drug-likeness (QED) is 0.834. The second-order valence-corrected chi connectivity index (χ2v) is 6.49. The normalized spacial score (nSPS) is 15.1. The van der Waals surface area contributed by atoms with E-state index in [-0.39, 0.29) is 24.3 Å². The van der Waals surface area contributed by atoms with Gasteiger partial charge in [-0.1, -0.05) is 11.6 Å². The van der Waals surface area contributed by atoms with Crippen molar-refractivity contribution in [2.75, 3.05) is 39.9 Å². The minimum absolute atomic E-state index is 0.0362. The summed E-state index contributed by atoms with van der Waals surface area (Å²) in [6.07, 6.45) is 1.24. The Labute approximate surface area is 153 Å². The van der Waals surface area contributed by atoms with E-state index >= 15 is 0 Å². The number of aliphatic hydroxyl groups is 1. The number of likely N-dealkylation sites (N-methyl/N-ethyl adjacent to an activating group) is 1. The Kier molecular flexibility index (Phi) is 7.08. The highest BCUT2D eigenvalue weighted by Crippen LogP contribution is 2.27. The molecule has 7 heteroatoms. The molecule has 2 amide bonds. The van der Waals surface area contributed by atoms with Crippen LogP contribution in [0, 0.1) is 5.92 Å². The van der Waals surface area contributed by atoms with Crippen LogP contribution >= 0.6 is 11.6 Å². The van der Waals surface area contributed by atoms with Crippen LogP contribution in [0.15, 0.2) is 18.2 Å². The molecule has 138 valence electrons. The average Bonchev–Trinajstić information content (AvgIpc) is 2.65. The lowest BCUT2D eigenvalue weighted by Gasteiger charge is -2.34. The summed E-state index contributed by atoms with van der Waals surface area (Å²) in [6, 6.07) is 4.97. The SMILES string of the molecule is CCN(CCO)C(=O)C1CCN(C(=O)c2cc(Cl)ccc2OC)CC1. The molecular weight excluding hydrogens is 344 g/mol. The van der Waals surface area contributed by atoms with Gasteiger partial charge in [0.1, 0.15) is 5.75 Å². The molecule has 1 saturated heterocycles. The molecule has 1 heterocycles. The van der Waals surface area contributed by atoms with E-state index in [0.29, 0.717) is 55.4 Å². The number of likely N-dealkylation sites (tertiary alicyclic amines) is 1. The predicted octanol–water partition coefficient (Wildman–Crippen LogP) is 2.04. The summed E-state index contributed by atoms with van der Waals surface area (Å²) < 4.78 is 5.25. The number of nitrogens with zero attached hydrogens (tertiary/aromatic N) is 2. The molecule has 0 atom stereocenters. The molecule has 1 aromatic rings. The second kappa shape index (κ2) is 9.06. The van der Waals surface area contributed by atoms with E-state index in [2.05, 4.69) is 0 Å². The van der Waals surface area contributed by atoms with Crippen molar-refractivity contribution in [3.63, 3.8) is 0 Å². The number of rotatable bonds is 6. The van der Waals surface area contributed by atoms with Crippen molar-refractivity contribution >= 4 is 23.4 Å². The van der Waals surface area contributed by atoms with Crippen LogP contribution in [0.25, 0.3) is 0 Å². The lowest BCUT2D eigenvalue weighted by Crippen LogP contribution is -2.45. The van der Waals surface area contributed by atoms with Gasteiger partial charge in [-0.15, -0.1) is 0 Å². The monoisotopic (exact) mass is 368 g/mol. The number of carbonyl (C=O) groups excluding carboxylic acids is 2. The highest BCUT2D eigenvalue weighted by atomic mass is 35.5. The van der Waals surface area contributed by atoms with Crippen LogP contribution in [0.1, 0.15) is 30.1 Å². The molecule has 2 rings (SSSR count). The number of aliphatic hydroxyl groups excluding tert-OH is 1. The zero-order chi connectivity index (χ0) is 18.4. The van der Waals surface area contributed by atoms with Crippen LogP contribution in [0.4, 0.5) is 0 Å². The first-order valence-electron chi connectivity index (χ1n) is 8.54. The van der Waals surface area contributed by atoms with Crippen LogP contribution in [0.5, 0.6) is 5.75 Å². The second-order valence-electron chi connectivity index (χ2n) is 6.05. The number of hydrogen-bond acceptors (Lipinski definition) is 4. The topological polar surface area (TPSA) is 70.1 Å². The number of methoxy groups -OCH3 is 1. The van der Waals surface area contributed by atoms with Crippen molar-refractivity contribution in [3.8, 4) is 5.75 Å². The minimum Gasteiger partial charge on any atom is -0.496 e. The summed E-state index contributed by atoms with van der Waals surface area (Å²) in [5.74, 6) is 0.321. The molecule has 0 unspecified atom stereocenters. The highest BCUT2D eigenvalue weighted by Gasteiger charge is 2.30. The van der Waals surface area contributed by atoms with E-state index < -0.39 is 0 Å². The molecule has 1 N–H and O–H groups in total. The summed E-state index contributed by atoms with van der Waals surface area (Å²) in [5, 5.41) is 9.54. The minimum atomic E-state index is -0.132. The molecule has 1 fully saturated rings. The van der Waals surface area contributed by atoms with E-state index in [1.165, 1.54) is 7.11 Å². The standard InChI is InChI=1S/C18H25ClN2O4/c1-3-20(10-11-22)17(23)13-6-8-21(9-7-13)18(24)15-12-14(19)4-5-16(15)25-2/h4-5,12-13,22H,3,6-11H2,1-2H3. The van der Waals surface area contributed by atoms with Crippen molar-refractivity contribution in [2.24, 2.45) is 5.92 Å². The molecule has 6 nitrogen and oxygen atoms in total. The van der Waals surface area contributed by atoms with Gasteiger partial charge in [0.05, 0.1) is 19.3 Å². The number of benzene rings is 1. The molecular formula is C18H25ClN2O4. The van der Waals surface area contributed by atoms with Crippen LogP contribution in [-0.4, -0.2) is 66.6 Å². The van der Waals surface area contributed by atoms with E-state index in [4.69, 9.17) is 21.4 Å². The first-order valence-corrected chi connectivity index (χ1v) is 8.92. The van der Waals surface area contributed by atoms with E-state index in [9.17, 15) is 9.59 Å². The maximum Gasteiger partial charge on any atom is 0.257 e. The largest absolute Gasteiger partial charge is 0.496 e. The molecule has 1 aliphatic heterocycles. The van der Waals surface area contributed by atoms with Gasteiger partial charge in [-0.25, -0.2) is 0 Å². The number of ether oxygens (including phenoxy) is 1. The van der Waals surface area contributed by atoms with Crippen molar-refractivity contribution in [2.45, 2.75) is 19.8 Å². The zero-order valence-electron chi connectivity index (χ0n) is 14.7. The van der Waals surface area contributed by atoms with Gasteiger partial charge < -0.3 is 19.6 Å². The van der Waals surface area contributed by atoms with E-state index in [1.54, 1.807) is 28.0 Å². The Bertz CT molecular complexity index is 615. The molecule has 0 radical (unpaired) electrons. The first-order chi connectivity index (χ1) is 12.0. The zero-order valence-corrected chi connectivity index (χ0v) is 15.5. The van der Waals surface area contributed by atoms with Gasteiger partial charge in [-0.2, -0.15) is 0 Å². The summed E-state index contributed by atoms with van der Waals surface area (Å²) in [6.45, 7) is 3.83. The number of piperidine rings is 1. The van der Waals surface area contributed by atoms with Crippen LogP contribution in [-0.2, 0) is 4.79 Å². The van der Waals surface area contributed by atoms with Crippen molar-refractivity contribution in [1.29, 1.82) is 0 Å². The molecule has 0 saturated carbocycles. The van der Waals surface area contributed by atoms with Gasteiger partial charge in [0.25, 0.3) is 5.91 Å². The number of amides is 2. The number of carbonyl (C=O) groups is 2. The summed E-state index contributed by atoms with van der Waals surface area (Å²) >= 11 is 6.01. The molecule has 1 aliphatic rings. The molecule has 0 bridgehead atoms. The first kappa shape index (κ1) is 19.5. The lowest BCUT2D eigenvalue weighted by molar-refractivity contribution is -0.137. The lowest BCUT2D eigenvalue weighted by atomic mass is 9.94. The fourth-order valence-electron chi connectivity index (χ4n) is 3.15. The smallest absolute Gasteiger partial charge is 0.257 e. The Morgan fingerprint density at radius 1 is 1.36 bits per heavy atom. The van der Waals surface area contributed by atoms with Gasteiger partial charge in [-0.3, -0.25) is 9.59 Å². The van der Waals surface area contributed by atoms with Crippen molar-refractivity contribution in [1.82, 2.24) is 9.80 Å². The maximum absolute atomic E-state index is 12.8. The summed E-state index contributed by atoms with van der Waals surface area (Å²) in [5.41, 5.74) is 0.440. The van der Waals surface area contributed by atoms with Gasteiger partial charge in [0.2, 0.25) is 5.91 Å². The van der Waals surface area contributed by atoms with Crippen LogP contribution < -0.4 is 4.74 Å². The summed E-state index contributed by atoms with van der Waals surface area (Å²) in [7, 11) is 1.52. The van der Waals surface area contributed by atoms with Crippen LogP contribution in [0.2, 0.25) is 5.02 Å². The van der Waals surface area contributed by atoms with E-state index in [0.717, 1.165) is 0 Å². The number of halogens is 1. The van der Waals surface area contributed by atoms with Gasteiger partial charge in [0, 0.05) is 37.1 Å². The van der Waals surface area contributed by atoms with Gasteiger partial charge >= 0.3 is 0 Å².